The van der Waals surface area contributed by atoms with Gasteiger partial charge in [0.15, 0.2) is 0 Å². The highest BCUT2D eigenvalue weighted by Gasteiger charge is 2.12. The molecule has 0 unspecified atom stereocenters. The molecule has 2 aromatic rings. The summed E-state index contributed by atoms with van der Waals surface area (Å²) >= 11 is 8.08. The summed E-state index contributed by atoms with van der Waals surface area (Å²) in [6.45, 7) is 1.97. The Kier molecular flexibility index (Phi) is 4.65. The van der Waals surface area contributed by atoms with Crippen LogP contribution in [0.15, 0.2) is 49.3 Å². The fourth-order valence-corrected chi connectivity index (χ4v) is 3.19. The van der Waals surface area contributed by atoms with E-state index in [1.54, 1.807) is 24.4 Å². The van der Waals surface area contributed by atoms with Crippen LogP contribution in [0.5, 0.6) is 0 Å². The van der Waals surface area contributed by atoms with Crippen LogP contribution in [-0.2, 0) is 0 Å². The highest BCUT2D eigenvalue weighted by Crippen LogP contribution is 2.32. The van der Waals surface area contributed by atoms with Crippen molar-refractivity contribution in [1.29, 1.82) is 0 Å². The molecule has 6 heteroatoms. The molecule has 0 fully saturated rings. The average molecular weight is 403 g/mol. The minimum atomic E-state index is -0.941. The van der Waals surface area contributed by atoms with E-state index in [4.69, 9.17) is 0 Å². The molecule has 0 saturated carbocycles. The molecule has 0 bridgehead atoms. The van der Waals surface area contributed by atoms with E-state index in [0.29, 0.717) is 4.90 Å². The van der Waals surface area contributed by atoms with E-state index in [1.807, 2.05) is 13.0 Å². The maximum Gasteiger partial charge on any atom is 0.336 e. The van der Waals surface area contributed by atoms with Crippen molar-refractivity contribution < 1.29 is 9.90 Å². The molecule has 0 aliphatic heterocycles. The van der Waals surface area contributed by atoms with Crippen molar-refractivity contribution in [2.45, 2.75) is 16.8 Å². The second kappa shape index (κ2) is 6.07. The Bertz CT molecular complexity index is 647. The van der Waals surface area contributed by atoms with Crippen molar-refractivity contribution in [2.24, 2.45) is 0 Å². The van der Waals surface area contributed by atoms with Crippen molar-refractivity contribution in [3.05, 3.63) is 50.5 Å². The summed E-state index contributed by atoms with van der Waals surface area (Å²) in [6, 6.07) is 7.00. The number of benzene rings is 1. The second-order valence-electron chi connectivity index (χ2n) is 3.82. The van der Waals surface area contributed by atoms with Crippen LogP contribution >= 0.6 is 43.6 Å². The Labute approximate surface area is 131 Å². The molecule has 1 N–H and O–H groups in total. The van der Waals surface area contributed by atoms with Gasteiger partial charge < -0.3 is 5.11 Å². The minimum Gasteiger partial charge on any atom is -0.478 e. The van der Waals surface area contributed by atoms with Crippen molar-refractivity contribution in [1.82, 2.24) is 4.98 Å². The van der Waals surface area contributed by atoms with E-state index in [0.717, 1.165) is 19.5 Å². The molecule has 0 amide bonds. The number of nitrogens with zero attached hydrogens (tertiary/aromatic N) is 1. The average Bonchev–Trinajstić information content (AvgIpc) is 2.33. The predicted octanol–water partition coefficient (Wildman–Crippen LogP) is 4.76. The number of pyridine rings is 1. The summed E-state index contributed by atoms with van der Waals surface area (Å²) in [5.74, 6) is -0.941. The lowest BCUT2D eigenvalue weighted by Crippen LogP contribution is -1.98. The molecular formula is C13H9Br2NO2S. The lowest BCUT2D eigenvalue weighted by molar-refractivity contribution is 0.0693. The minimum absolute atomic E-state index is 0.274. The Balaban J connectivity index is 2.39. The van der Waals surface area contributed by atoms with E-state index in [2.05, 4.69) is 36.8 Å². The zero-order valence-electron chi connectivity index (χ0n) is 9.85. The first kappa shape index (κ1) is 14.6. The molecule has 0 aliphatic rings. The number of carbonyl (C=O) groups is 1. The molecule has 0 saturated heterocycles. The summed E-state index contributed by atoms with van der Waals surface area (Å²) < 4.78 is 1.78. The van der Waals surface area contributed by atoms with Crippen molar-refractivity contribution in [3.63, 3.8) is 0 Å². The lowest BCUT2D eigenvalue weighted by atomic mass is 10.2. The zero-order chi connectivity index (χ0) is 14.0. The van der Waals surface area contributed by atoms with E-state index >= 15 is 0 Å². The molecule has 98 valence electrons. The van der Waals surface area contributed by atoms with Crippen LogP contribution in [-0.4, -0.2) is 16.1 Å². The topological polar surface area (TPSA) is 50.2 Å². The van der Waals surface area contributed by atoms with E-state index in [-0.39, 0.29) is 5.56 Å². The standard InChI is InChI=1S/C13H9Br2NO2S/c1-7-4-12(16-6-10(7)15)19-11-5-8(14)2-3-9(11)13(17)18/h2-6H,1H3,(H,17,18). The first-order valence-corrected chi connectivity index (χ1v) is 7.70. The van der Waals surface area contributed by atoms with Gasteiger partial charge in [0, 0.05) is 20.0 Å². The predicted molar refractivity (Wildman–Crippen MR) is 81.9 cm³/mol. The van der Waals surface area contributed by atoms with E-state index in [9.17, 15) is 9.90 Å². The Hall–Kier alpha value is -0.850. The number of rotatable bonds is 3. The molecule has 19 heavy (non-hydrogen) atoms. The fraction of sp³-hybridized carbons (Fsp3) is 0.0769. The molecule has 0 radical (unpaired) electrons. The number of carboxylic acids is 1. The zero-order valence-corrected chi connectivity index (χ0v) is 13.8. The number of carboxylic acid groups (broad SMARTS) is 1. The molecule has 2 rings (SSSR count). The number of halogens is 2. The maximum absolute atomic E-state index is 11.2. The summed E-state index contributed by atoms with van der Waals surface area (Å²) in [4.78, 5) is 16.1. The number of aromatic carboxylic acids is 1. The van der Waals surface area contributed by atoms with Gasteiger partial charge in [-0.2, -0.15) is 0 Å². The van der Waals surface area contributed by atoms with Gasteiger partial charge in [0.2, 0.25) is 0 Å². The molecule has 1 heterocycles. The molecule has 0 spiro atoms. The van der Waals surface area contributed by atoms with Crippen LogP contribution < -0.4 is 0 Å². The van der Waals surface area contributed by atoms with Gasteiger partial charge in [-0.1, -0.05) is 27.7 Å². The number of hydrogen-bond acceptors (Lipinski definition) is 3. The van der Waals surface area contributed by atoms with E-state index < -0.39 is 5.97 Å². The van der Waals surface area contributed by atoms with Gasteiger partial charge in [-0.25, -0.2) is 9.78 Å². The smallest absolute Gasteiger partial charge is 0.336 e. The largest absolute Gasteiger partial charge is 0.478 e. The Morgan fingerprint density at radius 1 is 1.32 bits per heavy atom. The highest BCUT2D eigenvalue weighted by molar-refractivity contribution is 9.10. The summed E-state index contributed by atoms with van der Waals surface area (Å²) in [6.07, 6.45) is 1.72. The van der Waals surface area contributed by atoms with Gasteiger partial charge >= 0.3 is 5.97 Å². The third-order valence-electron chi connectivity index (χ3n) is 2.41. The van der Waals surface area contributed by atoms with Crippen LogP contribution in [0, 0.1) is 6.92 Å². The number of hydrogen-bond donors (Lipinski definition) is 1. The number of aromatic nitrogens is 1. The third kappa shape index (κ3) is 3.58. The van der Waals surface area contributed by atoms with Crippen LogP contribution in [0.2, 0.25) is 0 Å². The summed E-state index contributed by atoms with van der Waals surface area (Å²) in [5, 5.41) is 9.94. The maximum atomic E-state index is 11.2. The van der Waals surface area contributed by atoms with Crippen molar-refractivity contribution in [2.75, 3.05) is 0 Å². The lowest BCUT2D eigenvalue weighted by Gasteiger charge is -2.07. The van der Waals surface area contributed by atoms with Crippen molar-refractivity contribution >= 4 is 49.6 Å². The number of aryl methyl sites for hydroxylation is 1. The Morgan fingerprint density at radius 2 is 2.05 bits per heavy atom. The fourth-order valence-electron chi connectivity index (χ4n) is 1.44. The quantitative estimate of drug-likeness (QED) is 0.803. The van der Waals surface area contributed by atoms with E-state index in [1.165, 1.54) is 11.8 Å². The third-order valence-corrected chi connectivity index (χ3v) is 4.72. The van der Waals surface area contributed by atoms with Gasteiger partial charge in [0.1, 0.15) is 5.03 Å². The SMILES string of the molecule is Cc1cc(Sc2cc(Br)ccc2C(=O)O)ncc1Br. The van der Waals surface area contributed by atoms with Crippen LogP contribution in [0.1, 0.15) is 15.9 Å². The summed E-state index contributed by atoms with van der Waals surface area (Å²) in [7, 11) is 0. The molecule has 1 aromatic heterocycles. The highest BCUT2D eigenvalue weighted by atomic mass is 79.9. The molecule has 1 aromatic carbocycles. The molecule has 0 atom stereocenters. The van der Waals surface area contributed by atoms with Gasteiger partial charge in [-0.15, -0.1) is 0 Å². The first-order valence-electron chi connectivity index (χ1n) is 5.30. The van der Waals surface area contributed by atoms with Gasteiger partial charge in [0.05, 0.1) is 5.56 Å². The molecule has 0 aliphatic carbocycles. The van der Waals surface area contributed by atoms with Crippen molar-refractivity contribution in [3.8, 4) is 0 Å². The van der Waals surface area contributed by atoms with Gasteiger partial charge in [-0.3, -0.25) is 0 Å². The van der Waals surface area contributed by atoms with Crippen LogP contribution in [0.25, 0.3) is 0 Å². The molecular weight excluding hydrogens is 394 g/mol. The van der Waals surface area contributed by atoms with Crippen LogP contribution in [0.3, 0.4) is 0 Å². The van der Waals surface area contributed by atoms with Gasteiger partial charge in [-0.05, 0) is 52.7 Å². The van der Waals surface area contributed by atoms with Crippen LogP contribution in [0.4, 0.5) is 0 Å². The van der Waals surface area contributed by atoms with Gasteiger partial charge in [0.25, 0.3) is 0 Å². The second-order valence-corrected chi connectivity index (χ2v) is 6.65. The molecule has 3 nitrogen and oxygen atoms in total. The first-order chi connectivity index (χ1) is 8.97. The normalized spacial score (nSPS) is 10.5. The summed E-state index contributed by atoms with van der Waals surface area (Å²) in [5.41, 5.74) is 1.33. The Morgan fingerprint density at radius 3 is 2.68 bits per heavy atom. The monoisotopic (exact) mass is 401 g/mol.